The van der Waals surface area contributed by atoms with Crippen molar-refractivity contribution in [2.45, 2.75) is 39.7 Å². The fourth-order valence-electron chi connectivity index (χ4n) is 1.98. The number of aliphatic hydroxyl groups excluding tert-OH is 1. The van der Waals surface area contributed by atoms with Gasteiger partial charge >= 0.3 is 0 Å². The van der Waals surface area contributed by atoms with E-state index in [1.165, 1.54) is 6.26 Å². The van der Waals surface area contributed by atoms with Gasteiger partial charge < -0.3 is 20.2 Å². The van der Waals surface area contributed by atoms with Gasteiger partial charge in [-0.05, 0) is 24.0 Å². The molecule has 2 amide bonds. The second-order valence-electron chi connectivity index (χ2n) is 6.19. The largest absolute Gasteiger partial charge is 0.459 e. The Hall–Kier alpha value is -1.82. The summed E-state index contributed by atoms with van der Waals surface area (Å²) < 4.78 is 4.94. The zero-order valence-electron chi connectivity index (χ0n) is 12.8. The zero-order valence-corrected chi connectivity index (χ0v) is 12.8. The molecular weight excluding hydrogens is 272 g/mol. The molecule has 0 saturated heterocycles. The third-order valence-corrected chi connectivity index (χ3v) is 2.83. The Morgan fingerprint density at radius 1 is 1.38 bits per heavy atom. The van der Waals surface area contributed by atoms with E-state index in [9.17, 15) is 14.7 Å². The standard InChI is InChI=1S/C15H24N2O4/c1-15(2,3)9-11(10-18)17-13(19)6-7-16-14(20)12-5-4-8-21-12/h4-5,8,11,18H,6-7,9-10H2,1-3H3,(H,16,20)(H,17,19). The van der Waals surface area contributed by atoms with E-state index in [1.54, 1.807) is 12.1 Å². The van der Waals surface area contributed by atoms with Crippen LogP contribution >= 0.6 is 0 Å². The highest BCUT2D eigenvalue weighted by molar-refractivity contribution is 5.91. The molecule has 0 aromatic carbocycles. The smallest absolute Gasteiger partial charge is 0.286 e. The molecule has 0 bridgehead atoms. The quantitative estimate of drug-likeness (QED) is 0.707. The first kappa shape index (κ1) is 17.2. The van der Waals surface area contributed by atoms with Crippen molar-refractivity contribution in [2.75, 3.05) is 13.2 Å². The van der Waals surface area contributed by atoms with Crippen LogP contribution in [0.25, 0.3) is 0 Å². The molecule has 1 rings (SSSR count). The van der Waals surface area contributed by atoms with Gasteiger partial charge in [-0.15, -0.1) is 0 Å². The molecule has 21 heavy (non-hydrogen) atoms. The summed E-state index contributed by atoms with van der Waals surface area (Å²) in [5.41, 5.74) is 0.0220. The number of furan rings is 1. The maximum Gasteiger partial charge on any atom is 0.286 e. The average molecular weight is 296 g/mol. The first-order chi connectivity index (χ1) is 9.81. The van der Waals surface area contributed by atoms with E-state index < -0.39 is 0 Å². The molecule has 0 aliphatic heterocycles. The molecule has 1 aromatic rings. The number of carbonyl (C=O) groups is 2. The molecule has 0 aliphatic rings. The summed E-state index contributed by atoms with van der Waals surface area (Å²) in [6, 6.07) is 2.92. The molecule has 0 fully saturated rings. The van der Waals surface area contributed by atoms with Gasteiger partial charge in [0, 0.05) is 13.0 Å². The number of nitrogens with one attached hydrogen (secondary N) is 2. The third-order valence-electron chi connectivity index (χ3n) is 2.83. The lowest BCUT2D eigenvalue weighted by atomic mass is 9.88. The second kappa shape index (κ2) is 7.83. The van der Waals surface area contributed by atoms with E-state index in [0.717, 1.165) is 0 Å². The Morgan fingerprint density at radius 2 is 2.10 bits per heavy atom. The van der Waals surface area contributed by atoms with Crippen LogP contribution in [0.3, 0.4) is 0 Å². The summed E-state index contributed by atoms with van der Waals surface area (Å²) in [6.07, 6.45) is 2.26. The van der Waals surface area contributed by atoms with Crippen LogP contribution in [0.15, 0.2) is 22.8 Å². The first-order valence-electron chi connectivity index (χ1n) is 7.04. The highest BCUT2D eigenvalue weighted by Gasteiger charge is 2.19. The number of carbonyl (C=O) groups excluding carboxylic acids is 2. The van der Waals surface area contributed by atoms with Gasteiger partial charge in [-0.3, -0.25) is 9.59 Å². The lowest BCUT2D eigenvalue weighted by molar-refractivity contribution is -0.122. The van der Waals surface area contributed by atoms with Gasteiger partial charge in [0.1, 0.15) is 0 Å². The minimum atomic E-state index is -0.346. The van der Waals surface area contributed by atoms with Crippen molar-refractivity contribution in [1.82, 2.24) is 10.6 Å². The third kappa shape index (κ3) is 6.94. The minimum Gasteiger partial charge on any atom is -0.459 e. The number of amides is 2. The highest BCUT2D eigenvalue weighted by atomic mass is 16.3. The van der Waals surface area contributed by atoms with Gasteiger partial charge in [0.25, 0.3) is 5.91 Å². The van der Waals surface area contributed by atoms with Crippen molar-refractivity contribution in [3.63, 3.8) is 0 Å². The second-order valence-corrected chi connectivity index (χ2v) is 6.19. The SMILES string of the molecule is CC(C)(C)CC(CO)NC(=O)CCNC(=O)c1ccco1. The maximum atomic E-state index is 11.8. The number of hydrogen-bond acceptors (Lipinski definition) is 4. The molecule has 0 aliphatic carbocycles. The summed E-state index contributed by atoms with van der Waals surface area (Å²) >= 11 is 0. The summed E-state index contributed by atoms with van der Waals surface area (Å²) in [5, 5.41) is 14.6. The predicted octanol–water partition coefficient (Wildman–Crippen LogP) is 1.31. The van der Waals surface area contributed by atoms with Gasteiger partial charge in [0.2, 0.25) is 5.91 Å². The molecular formula is C15H24N2O4. The first-order valence-corrected chi connectivity index (χ1v) is 7.04. The van der Waals surface area contributed by atoms with Crippen LogP contribution in [0.4, 0.5) is 0 Å². The van der Waals surface area contributed by atoms with E-state index in [1.807, 2.05) is 20.8 Å². The lowest BCUT2D eigenvalue weighted by Gasteiger charge is -2.25. The van der Waals surface area contributed by atoms with Gasteiger partial charge in [0.05, 0.1) is 18.9 Å². The van der Waals surface area contributed by atoms with Crippen LogP contribution in [0.2, 0.25) is 0 Å². The Morgan fingerprint density at radius 3 is 2.62 bits per heavy atom. The molecule has 3 N–H and O–H groups in total. The van der Waals surface area contributed by atoms with E-state index in [2.05, 4.69) is 10.6 Å². The van der Waals surface area contributed by atoms with Crippen molar-refractivity contribution < 1.29 is 19.1 Å². The predicted molar refractivity (Wildman–Crippen MR) is 78.7 cm³/mol. The summed E-state index contributed by atoms with van der Waals surface area (Å²) in [5.74, 6) is -0.323. The van der Waals surface area contributed by atoms with Crippen molar-refractivity contribution in [3.8, 4) is 0 Å². The monoisotopic (exact) mass is 296 g/mol. The Balaban J connectivity index is 2.28. The van der Waals surface area contributed by atoms with E-state index in [0.29, 0.717) is 6.42 Å². The van der Waals surface area contributed by atoms with Crippen LogP contribution in [-0.2, 0) is 4.79 Å². The molecule has 118 valence electrons. The van der Waals surface area contributed by atoms with Gasteiger partial charge in [0.15, 0.2) is 5.76 Å². The van der Waals surface area contributed by atoms with Crippen molar-refractivity contribution >= 4 is 11.8 Å². The van der Waals surface area contributed by atoms with Crippen LogP contribution < -0.4 is 10.6 Å². The fraction of sp³-hybridized carbons (Fsp3) is 0.600. The number of aliphatic hydroxyl groups is 1. The topological polar surface area (TPSA) is 91.6 Å². The Kier molecular flexibility index (Phi) is 6.42. The van der Waals surface area contributed by atoms with Crippen LogP contribution in [0.5, 0.6) is 0 Å². The molecule has 1 unspecified atom stereocenters. The Bertz CT molecular complexity index is 449. The van der Waals surface area contributed by atoms with Gasteiger partial charge in [-0.1, -0.05) is 20.8 Å². The molecule has 1 aromatic heterocycles. The number of rotatable bonds is 7. The molecule has 6 nitrogen and oxygen atoms in total. The van der Waals surface area contributed by atoms with Crippen molar-refractivity contribution in [2.24, 2.45) is 5.41 Å². The molecule has 6 heteroatoms. The van der Waals surface area contributed by atoms with Crippen LogP contribution in [0, 0.1) is 5.41 Å². The number of hydrogen-bond donors (Lipinski definition) is 3. The molecule has 1 atom stereocenters. The fourth-order valence-corrected chi connectivity index (χ4v) is 1.98. The van der Waals surface area contributed by atoms with E-state index in [4.69, 9.17) is 4.42 Å². The van der Waals surface area contributed by atoms with E-state index >= 15 is 0 Å². The highest BCUT2D eigenvalue weighted by Crippen LogP contribution is 2.20. The molecule has 0 spiro atoms. The Labute approximate surface area is 124 Å². The van der Waals surface area contributed by atoms with Crippen molar-refractivity contribution in [3.05, 3.63) is 24.2 Å². The maximum absolute atomic E-state index is 11.8. The molecule has 0 radical (unpaired) electrons. The van der Waals surface area contributed by atoms with Crippen LogP contribution in [0.1, 0.15) is 44.2 Å². The lowest BCUT2D eigenvalue weighted by Crippen LogP contribution is -2.41. The molecule has 1 heterocycles. The summed E-state index contributed by atoms with van der Waals surface area (Å²) in [6.45, 7) is 6.27. The van der Waals surface area contributed by atoms with E-state index in [-0.39, 0.29) is 48.6 Å². The summed E-state index contributed by atoms with van der Waals surface area (Å²) in [7, 11) is 0. The zero-order chi connectivity index (χ0) is 15.9. The molecule has 0 saturated carbocycles. The normalized spacial score (nSPS) is 12.8. The van der Waals surface area contributed by atoms with Gasteiger partial charge in [-0.2, -0.15) is 0 Å². The van der Waals surface area contributed by atoms with Crippen LogP contribution in [-0.4, -0.2) is 36.1 Å². The summed E-state index contributed by atoms with van der Waals surface area (Å²) in [4.78, 5) is 23.3. The minimum absolute atomic E-state index is 0.0220. The van der Waals surface area contributed by atoms with Gasteiger partial charge in [-0.25, -0.2) is 0 Å². The average Bonchev–Trinajstić information content (AvgIpc) is 2.90. The van der Waals surface area contributed by atoms with Crippen molar-refractivity contribution in [1.29, 1.82) is 0 Å².